The number of fused-ring (bicyclic) bond motifs is 1. The van der Waals surface area contributed by atoms with Gasteiger partial charge in [0.1, 0.15) is 0 Å². The second-order valence-corrected chi connectivity index (χ2v) is 9.75. The third-order valence-electron chi connectivity index (χ3n) is 6.31. The smallest absolute Gasteiger partial charge is 0.256 e. The van der Waals surface area contributed by atoms with Crippen LogP contribution < -0.4 is 5.56 Å². The number of hydrogen-bond donors (Lipinski definition) is 1. The van der Waals surface area contributed by atoms with Crippen LogP contribution in [0.5, 0.6) is 0 Å². The summed E-state index contributed by atoms with van der Waals surface area (Å²) in [5, 5.41) is 1.68. The van der Waals surface area contributed by atoms with Gasteiger partial charge in [-0.1, -0.05) is 57.9 Å². The molecule has 0 spiro atoms. The van der Waals surface area contributed by atoms with Crippen molar-refractivity contribution in [2.45, 2.75) is 6.04 Å². The number of piperazine rings is 1. The van der Waals surface area contributed by atoms with Crippen LogP contribution in [0.25, 0.3) is 10.8 Å². The summed E-state index contributed by atoms with van der Waals surface area (Å²) in [6, 6.07) is 21.3. The fourth-order valence-corrected chi connectivity index (χ4v) is 4.89. The Bertz CT molecular complexity index is 1470. The maximum absolute atomic E-state index is 13.6. The molecule has 0 aliphatic carbocycles. The molecule has 8 heteroatoms. The lowest BCUT2D eigenvalue weighted by molar-refractivity contribution is 0.0384. The van der Waals surface area contributed by atoms with Gasteiger partial charge in [-0.2, -0.15) is 0 Å². The number of halogens is 2. The number of rotatable bonds is 3. The van der Waals surface area contributed by atoms with Crippen LogP contribution >= 0.6 is 27.5 Å². The molecule has 176 valence electrons. The molecule has 2 heterocycles. The van der Waals surface area contributed by atoms with Gasteiger partial charge in [0.25, 0.3) is 17.4 Å². The lowest BCUT2D eigenvalue weighted by Crippen LogP contribution is -2.52. The number of carbonyl (C=O) groups excluding carboxylic acids is 2. The van der Waals surface area contributed by atoms with E-state index in [0.717, 1.165) is 10.0 Å². The number of nitrogens with zero attached hydrogens (tertiary/aromatic N) is 2. The lowest BCUT2D eigenvalue weighted by Gasteiger charge is -2.42. The van der Waals surface area contributed by atoms with Gasteiger partial charge in [-0.15, -0.1) is 0 Å². The first-order valence-electron chi connectivity index (χ1n) is 11.1. The molecule has 5 rings (SSSR count). The largest absolute Gasteiger partial charge is 0.334 e. The monoisotopic (exact) mass is 549 g/mol. The minimum atomic E-state index is -0.352. The fourth-order valence-electron chi connectivity index (χ4n) is 4.50. The first-order chi connectivity index (χ1) is 16.9. The number of amides is 2. The first-order valence-corrected chi connectivity index (χ1v) is 12.3. The summed E-state index contributed by atoms with van der Waals surface area (Å²) in [6.45, 7) is 1.06. The van der Waals surface area contributed by atoms with Crippen LogP contribution in [-0.4, -0.2) is 46.2 Å². The number of aromatic amines is 1. The van der Waals surface area contributed by atoms with Crippen molar-refractivity contribution in [2.24, 2.45) is 0 Å². The Morgan fingerprint density at radius 3 is 2.29 bits per heavy atom. The molecule has 1 aromatic heterocycles. The van der Waals surface area contributed by atoms with E-state index in [-0.39, 0.29) is 23.4 Å². The number of aromatic nitrogens is 1. The molecule has 0 saturated carbocycles. The summed E-state index contributed by atoms with van der Waals surface area (Å²) in [5.41, 5.74) is 1.67. The van der Waals surface area contributed by atoms with E-state index in [1.807, 2.05) is 30.3 Å². The van der Waals surface area contributed by atoms with Crippen molar-refractivity contribution in [1.82, 2.24) is 14.8 Å². The SMILES string of the molecule is O=C(c1c[nH]c(=O)c2ccccc12)N1CCN(C(=O)c2ccc(Br)cc2)[C@@H](c2ccc(Cl)cc2)C1. The Morgan fingerprint density at radius 2 is 1.57 bits per heavy atom. The van der Waals surface area contributed by atoms with Crippen LogP contribution in [0.2, 0.25) is 5.02 Å². The van der Waals surface area contributed by atoms with Gasteiger partial charge >= 0.3 is 0 Å². The van der Waals surface area contributed by atoms with Gasteiger partial charge < -0.3 is 14.8 Å². The zero-order valence-electron chi connectivity index (χ0n) is 18.6. The minimum Gasteiger partial charge on any atom is -0.334 e. The second kappa shape index (κ2) is 9.68. The van der Waals surface area contributed by atoms with Gasteiger partial charge in [0, 0.05) is 51.7 Å². The van der Waals surface area contributed by atoms with E-state index in [1.54, 1.807) is 52.3 Å². The van der Waals surface area contributed by atoms with E-state index in [0.29, 0.717) is 46.6 Å². The fraction of sp³-hybridized carbons (Fsp3) is 0.148. The maximum Gasteiger partial charge on any atom is 0.256 e. The molecule has 6 nitrogen and oxygen atoms in total. The van der Waals surface area contributed by atoms with Crippen LogP contribution in [0, 0.1) is 0 Å². The van der Waals surface area contributed by atoms with Crippen molar-refractivity contribution in [1.29, 1.82) is 0 Å². The number of carbonyl (C=O) groups is 2. The lowest BCUT2D eigenvalue weighted by atomic mass is 9.99. The molecule has 1 N–H and O–H groups in total. The predicted molar refractivity (Wildman–Crippen MR) is 140 cm³/mol. The van der Waals surface area contributed by atoms with Crippen LogP contribution in [0.4, 0.5) is 0 Å². The van der Waals surface area contributed by atoms with Crippen LogP contribution in [0.15, 0.2) is 88.3 Å². The van der Waals surface area contributed by atoms with Crippen molar-refractivity contribution < 1.29 is 9.59 Å². The standard InChI is InChI=1S/C27H21BrClN3O3/c28-19-9-5-18(6-10-19)26(34)32-14-13-31(16-24(32)17-7-11-20(29)12-8-17)27(35)23-15-30-25(33)22-4-2-1-3-21(22)23/h1-12,15,24H,13-14,16H2,(H,30,33)/t24-/m1/s1. The summed E-state index contributed by atoms with van der Waals surface area (Å²) < 4.78 is 0.895. The Morgan fingerprint density at radius 1 is 0.886 bits per heavy atom. The molecule has 0 unspecified atom stereocenters. The van der Waals surface area contributed by atoms with Crippen molar-refractivity contribution in [3.63, 3.8) is 0 Å². The molecule has 1 atom stereocenters. The third-order valence-corrected chi connectivity index (χ3v) is 7.09. The highest BCUT2D eigenvalue weighted by Crippen LogP contribution is 2.30. The van der Waals surface area contributed by atoms with Gasteiger partial charge in [-0.3, -0.25) is 14.4 Å². The summed E-state index contributed by atoms with van der Waals surface area (Å²) in [7, 11) is 0. The van der Waals surface area contributed by atoms with Crippen molar-refractivity contribution in [3.05, 3.63) is 116 Å². The zero-order valence-corrected chi connectivity index (χ0v) is 20.9. The molecule has 0 bridgehead atoms. The Hall–Kier alpha value is -3.42. The average Bonchev–Trinajstić information content (AvgIpc) is 2.89. The van der Waals surface area contributed by atoms with Gasteiger partial charge in [-0.25, -0.2) is 0 Å². The molecule has 1 aliphatic heterocycles. The van der Waals surface area contributed by atoms with E-state index in [4.69, 9.17) is 11.6 Å². The third kappa shape index (κ3) is 4.61. The number of pyridine rings is 1. The average molecular weight is 551 g/mol. The molecule has 2 amide bonds. The van der Waals surface area contributed by atoms with Gasteiger partial charge in [0.2, 0.25) is 0 Å². The normalized spacial score (nSPS) is 15.9. The molecule has 1 aliphatic rings. The number of nitrogens with one attached hydrogen (secondary N) is 1. The van der Waals surface area contributed by atoms with E-state index in [2.05, 4.69) is 20.9 Å². The van der Waals surface area contributed by atoms with Crippen molar-refractivity contribution in [3.8, 4) is 0 Å². The highest BCUT2D eigenvalue weighted by atomic mass is 79.9. The van der Waals surface area contributed by atoms with Crippen LogP contribution in [0.3, 0.4) is 0 Å². The maximum atomic E-state index is 13.6. The molecule has 1 saturated heterocycles. The first kappa shape index (κ1) is 23.3. The number of benzene rings is 3. The Balaban J connectivity index is 1.49. The summed E-state index contributed by atoms with van der Waals surface area (Å²) in [4.78, 5) is 45.5. The minimum absolute atomic E-state index is 0.0981. The quantitative estimate of drug-likeness (QED) is 0.377. The highest BCUT2D eigenvalue weighted by molar-refractivity contribution is 9.10. The molecule has 1 fully saturated rings. The van der Waals surface area contributed by atoms with Crippen molar-refractivity contribution in [2.75, 3.05) is 19.6 Å². The molecule has 4 aromatic rings. The summed E-state index contributed by atoms with van der Waals surface area (Å²) in [6.07, 6.45) is 1.48. The molecule has 0 radical (unpaired) electrons. The highest BCUT2D eigenvalue weighted by Gasteiger charge is 2.34. The second-order valence-electron chi connectivity index (χ2n) is 8.40. The summed E-state index contributed by atoms with van der Waals surface area (Å²) >= 11 is 9.52. The van der Waals surface area contributed by atoms with E-state index < -0.39 is 0 Å². The topological polar surface area (TPSA) is 73.5 Å². The molecular weight excluding hydrogens is 530 g/mol. The van der Waals surface area contributed by atoms with Crippen LogP contribution in [-0.2, 0) is 0 Å². The van der Waals surface area contributed by atoms with Gasteiger partial charge in [0.05, 0.1) is 11.6 Å². The molecular formula is C27H21BrClN3O3. The summed E-state index contributed by atoms with van der Waals surface area (Å²) in [5.74, 6) is -0.286. The number of H-pyrrole nitrogens is 1. The van der Waals surface area contributed by atoms with Gasteiger partial charge in [0.15, 0.2) is 0 Å². The molecule has 3 aromatic carbocycles. The van der Waals surface area contributed by atoms with Gasteiger partial charge in [-0.05, 0) is 48.0 Å². The van der Waals surface area contributed by atoms with E-state index >= 15 is 0 Å². The molecule has 35 heavy (non-hydrogen) atoms. The zero-order chi connectivity index (χ0) is 24.5. The van der Waals surface area contributed by atoms with E-state index in [9.17, 15) is 14.4 Å². The predicted octanol–water partition coefficient (Wildman–Crippen LogP) is 5.28. The Labute approximate surface area is 215 Å². The van der Waals surface area contributed by atoms with Crippen molar-refractivity contribution >= 4 is 50.1 Å². The number of hydrogen-bond acceptors (Lipinski definition) is 3. The van der Waals surface area contributed by atoms with E-state index in [1.165, 1.54) is 6.20 Å². The van der Waals surface area contributed by atoms with Crippen LogP contribution in [0.1, 0.15) is 32.3 Å². The Kier molecular flexibility index (Phi) is 6.45.